The van der Waals surface area contributed by atoms with Gasteiger partial charge in [0.25, 0.3) is 0 Å². The van der Waals surface area contributed by atoms with Crippen LogP contribution in [-0.2, 0) is 4.79 Å². The molecule has 1 amide bonds. The molecular formula is C31H35FN4O4. The molecule has 0 saturated carbocycles. The zero-order valence-corrected chi connectivity index (χ0v) is 22.5. The highest BCUT2D eigenvalue weighted by Crippen LogP contribution is 2.34. The Labute approximate surface area is 233 Å². The Balaban J connectivity index is 1.14. The Hall–Kier alpha value is -3.69. The summed E-state index contributed by atoms with van der Waals surface area (Å²) < 4.78 is 24.7. The van der Waals surface area contributed by atoms with Crippen molar-refractivity contribution in [3.63, 3.8) is 0 Å². The molecule has 2 saturated heterocycles. The zero-order chi connectivity index (χ0) is 27.5. The van der Waals surface area contributed by atoms with Crippen LogP contribution in [-0.4, -0.2) is 72.9 Å². The Morgan fingerprint density at radius 2 is 1.80 bits per heavy atom. The lowest BCUT2D eigenvalue weighted by Crippen LogP contribution is -2.48. The predicted molar refractivity (Wildman–Crippen MR) is 150 cm³/mol. The highest BCUT2D eigenvalue weighted by Gasteiger charge is 2.33. The van der Waals surface area contributed by atoms with Gasteiger partial charge in [0, 0.05) is 25.2 Å². The lowest BCUT2D eigenvalue weighted by atomic mass is 9.99. The molecule has 3 aliphatic rings. The first-order valence-electron chi connectivity index (χ1n) is 14.1. The van der Waals surface area contributed by atoms with Crippen LogP contribution in [0.5, 0.6) is 11.5 Å². The number of aliphatic hydroxyl groups is 1. The molecule has 0 bridgehead atoms. The van der Waals surface area contributed by atoms with Crippen LogP contribution in [0.3, 0.4) is 0 Å². The fraction of sp³-hybridized carbons (Fsp3) is 0.419. The fourth-order valence-electron chi connectivity index (χ4n) is 5.81. The number of benzene rings is 2. The number of ether oxygens (including phenoxy) is 2. The summed E-state index contributed by atoms with van der Waals surface area (Å²) in [6.07, 6.45) is 2.07. The summed E-state index contributed by atoms with van der Waals surface area (Å²) in [7, 11) is 0. The van der Waals surface area contributed by atoms with Crippen LogP contribution in [0.15, 0.2) is 60.7 Å². The van der Waals surface area contributed by atoms with E-state index in [1.165, 1.54) is 12.1 Å². The number of pyridine rings is 1. The van der Waals surface area contributed by atoms with E-state index in [4.69, 9.17) is 14.5 Å². The van der Waals surface area contributed by atoms with Gasteiger partial charge in [-0.1, -0.05) is 12.1 Å². The Bertz CT molecular complexity index is 1330. The molecule has 2 aromatic carbocycles. The van der Waals surface area contributed by atoms with Crippen molar-refractivity contribution < 1.29 is 23.8 Å². The van der Waals surface area contributed by atoms with Gasteiger partial charge in [0.05, 0.1) is 17.7 Å². The highest BCUT2D eigenvalue weighted by molar-refractivity contribution is 5.80. The smallest absolute Gasteiger partial charge is 0.225 e. The average Bonchev–Trinajstić information content (AvgIpc) is 3.70. The first-order chi connectivity index (χ1) is 19.5. The quantitative estimate of drug-likeness (QED) is 0.445. The van der Waals surface area contributed by atoms with Crippen LogP contribution in [0, 0.1) is 11.7 Å². The van der Waals surface area contributed by atoms with Crippen LogP contribution in [0.2, 0.25) is 0 Å². The number of carbonyl (C=O) groups is 1. The van der Waals surface area contributed by atoms with Gasteiger partial charge in [-0.3, -0.25) is 4.79 Å². The summed E-state index contributed by atoms with van der Waals surface area (Å²) in [4.78, 5) is 22.7. The van der Waals surface area contributed by atoms with Crippen molar-refractivity contribution in [2.75, 3.05) is 50.8 Å². The maximum Gasteiger partial charge on any atom is 0.225 e. The summed E-state index contributed by atoms with van der Waals surface area (Å²) in [6, 6.07) is 17.1. The number of likely N-dealkylation sites (tertiary alicyclic amines) is 1. The largest absolute Gasteiger partial charge is 0.486 e. The number of aliphatic hydroxyl groups excluding tert-OH is 1. The number of nitrogens with zero attached hydrogens (tertiary/aromatic N) is 3. The summed E-state index contributed by atoms with van der Waals surface area (Å²) in [6.45, 7) is 4.75. The lowest BCUT2D eigenvalue weighted by Gasteiger charge is -2.30. The summed E-state index contributed by atoms with van der Waals surface area (Å²) >= 11 is 0. The normalized spacial score (nSPS) is 20.4. The lowest BCUT2D eigenvalue weighted by molar-refractivity contribution is -0.126. The minimum atomic E-state index is -0.882. The second-order valence-corrected chi connectivity index (χ2v) is 10.8. The van der Waals surface area contributed by atoms with Gasteiger partial charge in [0.2, 0.25) is 5.91 Å². The Morgan fingerprint density at radius 3 is 2.60 bits per heavy atom. The van der Waals surface area contributed by atoms with Crippen LogP contribution in [0.25, 0.3) is 11.3 Å². The number of hydrogen-bond acceptors (Lipinski definition) is 7. The number of anilines is 1. The van der Waals surface area contributed by atoms with Crippen molar-refractivity contribution in [3.8, 4) is 22.8 Å². The van der Waals surface area contributed by atoms with Gasteiger partial charge in [-0.25, -0.2) is 9.37 Å². The highest BCUT2D eigenvalue weighted by atomic mass is 19.1. The van der Waals surface area contributed by atoms with E-state index in [9.17, 15) is 14.3 Å². The van der Waals surface area contributed by atoms with E-state index in [1.54, 1.807) is 12.1 Å². The molecule has 0 aliphatic carbocycles. The Kier molecular flexibility index (Phi) is 7.84. The van der Waals surface area contributed by atoms with Crippen molar-refractivity contribution in [2.24, 2.45) is 5.92 Å². The molecule has 40 heavy (non-hydrogen) atoms. The number of carbonyl (C=O) groups excluding carboxylic acids is 1. The molecule has 3 atom stereocenters. The molecule has 0 spiro atoms. The van der Waals surface area contributed by atoms with Gasteiger partial charge >= 0.3 is 0 Å². The monoisotopic (exact) mass is 546 g/mol. The van der Waals surface area contributed by atoms with Crippen molar-refractivity contribution in [3.05, 3.63) is 72.0 Å². The first kappa shape index (κ1) is 26.5. The van der Waals surface area contributed by atoms with E-state index in [0.717, 1.165) is 43.0 Å². The van der Waals surface area contributed by atoms with Crippen molar-refractivity contribution in [2.45, 2.75) is 31.4 Å². The van der Waals surface area contributed by atoms with E-state index in [-0.39, 0.29) is 17.6 Å². The van der Waals surface area contributed by atoms with Crippen molar-refractivity contribution in [1.29, 1.82) is 0 Å². The first-order valence-corrected chi connectivity index (χ1v) is 14.1. The second-order valence-electron chi connectivity index (χ2n) is 10.8. The van der Waals surface area contributed by atoms with Gasteiger partial charge in [-0.15, -0.1) is 0 Å². The minimum Gasteiger partial charge on any atom is -0.486 e. The molecule has 3 aromatic rings. The van der Waals surface area contributed by atoms with E-state index < -0.39 is 12.1 Å². The van der Waals surface area contributed by atoms with Gasteiger partial charge in [-0.2, -0.15) is 0 Å². The predicted octanol–water partition coefficient (Wildman–Crippen LogP) is 3.80. The van der Waals surface area contributed by atoms with E-state index >= 15 is 0 Å². The topological polar surface area (TPSA) is 87.2 Å². The van der Waals surface area contributed by atoms with Crippen LogP contribution in [0.4, 0.5) is 10.2 Å². The summed E-state index contributed by atoms with van der Waals surface area (Å²) in [5.74, 6) is 1.53. The Morgan fingerprint density at radius 1 is 1.02 bits per heavy atom. The third-order valence-corrected chi connectivity index (χ3v) is 8.03. The average molecular weight is 547 g/mol. The SMILES string of the molecule is O=C(N[C@H](CN1CCCC1)[C@H](O)c1ccc2c(c1)OCCO2)C1CCN(c2cccc(-c3ccc(F)cc3)n2)C1. The third-order valence-electron chi connectivity index (χ3n) is 8.03. The van der Waals surface area contributed by atoms with Crippen molar-refractivity contribution in [1.82, 2.24) is 15.2 Å². The number of hydrogen-bond donors (Lipinski definition) is 2. The van der Waals surface area contributed by atoms with Crippen LogP contribution < -0.4 is 19.7 Å². The molecule has 2 N–H and O–H groups in total. The fourth-order valence-corrected chi connectivity index (χ4v) is 5.81. The van der Waals surface area contributed by atoms with Crippen molar-refractivity contribution >= 4 is 11.7 Å². The molecule has 1 aromatic heterocycles. The molecule has 0 radical (unpaired) electrons. The molecule has 9 heteroatoms. The van der Waals surface area contributed by atoms with Gasteiger partial charge < -0.3 is 29.7 Å². The van der Waals surface area contributed by atoms with Gasteiger partial charge in [-0.05, 0) is 86.4 Å². The molecule has 3 aliphatic heterocycles. The molecule has 210 valence electrons. The van der Waals surface area contributed by atoms with Crippen LogP contribution in [0.1, 0.15) is 30.9 Å². The maximum atomic E-state index is 13.5. The molecule has 2 fully saturated rings. The summed E-state index contributed by atoms with van der Waals surface area (Å²) in [5, 5.41) is 14.6. The third kappa shape index (κ3) is 5.90. The standard InChI is InChI=1S/C31H35FN4O4/c32-24-9-6-21(7-10-24)25-4-3-5-29(33-25)36-15-12-23(19-36)31(38)34-26(20-35-13-1-2-14-35)30(37)22-8-11-27-28(18-22)40-17-16-39-27/h3-11,18,23,26,30,37H,1-2,12-17,19-20H2,(H,34,38)/t23?,26-,30-/m1/s1. The van der Waals surface area contributed by atoms with E-state index in [0.29, 0.717) is 56.3 Å². The number of halogens is 1. The number of aromatic nitrogens is 1. The maximum absolute atomic E-state index is 13.5. The zero-order valence-electron chi connectivity index (χ0n) is 22.5. The molecule has 1 unspecified atom stereocenters. The molecule has 4 heterocycles. The molecule has 8 nitrogen and oxygen atoms in total. The minimum absolute atomic E-state index is 0.0574. The van der Waals surface area contributed by atoms with Gasteiger partial charge in [0.1, 0.15) is 31.0 Å². The van der Waals surface area contributed by atoms with E-state index in [2.05, 4.69) is 15.1 Å². The molecule has 6 rings (SSSR count). The number of amides is 1. The second kappa shape index (κ2) is 11.8. The summed E-state index contributed by atoms with van der Waals surface area (Å²) in [5.41, 5.74) is 2.30. The number of fused-ring (bicyclic) bond motifs is 1. The van der Waals surface area contributed by atoms with Gasteiger partial charge in [0.15, 0.2) is 11.5 Å². The number of nitrogens with one attached hydrogen (secondary N) is 1. The number of rotatable bonds is 8. The van der Waals surface area contributed by atoms with E-state index in [1.807, 2.05) is 36.4 Å². The van der Waals surface area contributed by atoms with Crippen LogP contribution >= 0.6 is 0 Å². The molecular weight excluding hydrogens is 511 g/mol.